The fourth-order valence-corrected chi connectivity index (χ4v) is 17.4. The van der Waals surface area contributed by atoms with Crippen molar-refractivity contribution in [3.05, 3.63) is 0 Å². The van der Waals surface area contributed by atoms with Gasteiger partial charge < -0.3 is 0 Å². The molecule has 0 saturated heterocycles. The van der Waals surface area contributed by atoms with Crippen molar-refractivity contribution in [2.75, 3.05) is 30.8 Å². The number of rotatable bonds is 45. The minimum absolute atomic E-state index is 1.38. The Morgan fingerprint density at radius 2 is 0.275 bits per heavy atom. The number of unbranched alkanes of at least 4 members (excludes halogenated alkanes) is 35. The Morgan fingerprint density at radius 3 is 0.412 bits per heavy atom. The van der Waals surface area contributed by atoms with Gasteiger partial charge in [-0.05, 0) is 0 Å². The second kappa shape index (κ2) is 40.1. The molecule has 0 aromatic heterocycles. The summed E-state index contributed by atoms with van der Waals surface area (Å²) < 4.78 is 0. The van der Waals surface area contributed by atoms with E-state index >= 15 is 0 Å². The van der Waals surface area contributed by atoms with Crippen molar-refractivity contribution in [2.45, 2.75) is 291 Å². The molecule has 0 bridgehead atoms. The molecule has 0 aliphatic heterocycles. The van der Waals surface area contributed by atoms with Gasteiger partial charge in [-0.15, -0.1) is 0 Å². The minimum atomic E-state index is -1.76. The zero-order valence-electron chi connectivity index (χ0n) is 37.3. The molecule has 0 aromatic carbocycles. The van der Waals surface area contributed by atoms with E-state index in [0.717, 1.165) is 0 Å². The van der Waals surface area contributed by atoms with Crippen LogP contribution in [-0.4, -0.2) is 30.8 Å². The molecule has 0 aliphatic rings. The first-order valence-corrected chi connectivity index (χ1v) is 28.3. The Bertz CT molecular complexity index is 505. The SMILES string of the molecule is CCCCCCCCCCP(CCCCCCCCCC)(CCCCCCCCCC)(CCCCCCCCCC)CCCCCCCCCC. The van der Waals surface area contributed by atoms with Crippen LogP contribution >= 0.6 is 6.60 Å². The van der Waals surface area contributed by atoms with E-state index in [1.54, 1.807) is 62.9 Å². The normalized spacial score (nSPS) is 12.8. The van der Waals surface area contributed by atoms with Crippen LogP contribution in [0.25, 0.3) is 0 Å². The summed E-state index contributed by atoms with van der Waals surface area (Å²) in [6, 6.07) is 0. The van der Waals surface area contributed by atoms with Gasteiger partial charge in [0.05, 0.1) is 0 Å². The van der Waals surface area contributed by atoms with Gasteiger partial charge in [-0.3, -0.25) is 0 Å². The Labute approximate surface area is 327 Å². The Hall–Kier alpha value is 0.430. The average molecular weight is 737 g/mol. The molecule has 0 heterocycles. The molecule has 0 N–H and O–H groups in total. The maximum atomic E-state index is 2.36. The second-order valence-electron chi connectivity index (χ2n) is 18.2. The summed E-state index contributed by atoms with van der Waals surface area (Å²) in [5.41, 5.74) is 0. The van der Waals surface area contributed by atoms with Gasteiger partial charge in [0.25, 0.3) is 0 Å². The fourth-order valence-electron chi connectivity index (χ4n) is 9.58. The fraction of sp³-hybridized carbons (Fsp3) is 1.00. The van der Waals surface area contributed by atoms with Crippen molar-refractivity contribution in [3.63, 3.8) is 0 Å². The van der Waals surface area contributed by atoms with Gasteiger partial charge in [0.2, 0.25) is 0 Å². The Kier molecular flexibility index (Phi) is 40.4. The summed E-state index contributed by atoms with van der Waals surface area (Å²) in [4.78, 5) is 0. The zero-order valence-corrected chi connectivity index (χ0v) is 38.2. The van der Waals surface area contributed by atoms with Gasteiger partial charge in [0.1, 0.15) is 0 Å². The molecule has 0 rings (SSSR count). The van der Waals surface area contributed by atoms with Crippen molar-refractivity contribution >= 4 is 6.60 Å². The average Bonchev–Trinajstić information content (AvgIpc) is 3.14. The van der Waals surface area contributed by atoms with E-state index in [2.05, 4.69) is 34.6 Å². The van der Waals surface area contributed by atoms with Crippen molar-refractivity contribution in [3.8, 4) is 0 Å². The van der Waals surface area contributed by atoms with E-state index in [0.29, 0.717) is 0 Å². The third-order valence-electron chi connectivity index (χ3n) is 13.2. The van der Waals surface area contributed by atoms with Crippen molar-refractivity contribution in [1.82, 2.24) is 0 Å². The van der Waals surface area contributed by atoms with E-state index in [1.165, 1.54) is 225 Å². The van der Waals surface area contributed by atoms with Gasteiger partial charge in [-0.2, -0.15) is 0 Å². The van der Waals surface area contributed by atoms with Crippen molar-refractivity contribution in [2.24, 2.45) is 0 Å². The summed E-state index contributed by atoms with van der Waals surface area (Å²) in [5.74, 6) is 0. The quantitative estimate of drug-likeness (QED) is 0.0431. The first-order chi connectivity index (χ1) is 25.1. The molecule has 1 heteroatoms. The number of hydrogen-bond donors (Lipinski definition) is 0. The number of hydrogen-bond acceptors (Lipinski definition) is 0. The van der Waals surface area contributed by atoms with Crippen LogP contribution in [0.5, 0.6) is 0 Å². The molecule has 0 amide bonds. The monoisotopic (exact) mass is 737 g/mol. The van der Waals surface area contributed by atoms with Gasteiger partial charge in [0, 0.05) is 0 Å². The van der Waals surface area contributed by atoms with E-state index in [4.69, 9.17) is 0 Å². The summed E-state index contributed by atoms with van der Waals surface area (Å²) in [5, 5.41) is 0. The Morgan fingerprint density at radius 1 is 0.157 bits per heavy atom. The first-order valence-electron chi connectivity index (χ1n) is 25.1. The van der Waals surface area contributed by atoms with Gasteiger partial charge in [0.15, 0.2) is 0 Å². The van der Waals surface area contributed by atoms with Gasteiger partial charge in [-0.25, -0.2) is 0 Å². The topological polar surface area (TPSA) is 0 Å². The summed E-state index contributed by atoms with van der Waals surface area (Å²) in [7, 11) is 0. The third-order valence-corrected chi connectivity index (χ3v) is 21.1. The van der Waals surface area contributed by atoms with Crippen molar-refractivity contribution < 1.29 is 0 Å². The molecule has 0 saturated carbocycles. The molecular weight excluding hydrogens is 632 g/mol. The molecule has 0 fully saturated rings. The van der Waals surface area contributed by atoms with Crippen molar-refractivity contribution in [1.29, 1.82) is 0 Å². The van der Waals surface area contributed by atoms with Crippen LogP contribution < -0.4 is 0 Å². The Balaban J connectivity index is 5.83. The molecule has 0 spiro atoms. The third kappa shape index (κ3) is 32.4. The van der Waals surface area contributed by atoms with E-state index in [-0.39, 0.29) is 0 Å². The molecule has 310 valence electrons. The molecule has 0 aromatic rings. The van der Waals surface area contributed by atoms with E-state index < -0.39 is 6.60 Å². The standard InChI is InChI=1S/C50H105P/c1-6-11-16-21-26-31-36-41-46-51(47-42-37-32-27-22-17-12-7-2,48-43-38-33-28-23-18-13-8-3,49-44-39-34-29-24-19-14-9-4)50-45-40-35-30-25-20-15-10-5/h6-50H2,1-5H3. The zero-order chi connectivity index (χ0) is 37.3. The van der Waals surface area contributed by atoms with Crippen LogP contribution in [0.3, 0.4) is 0 Å². The molecule has 51 heavy (non-hydrogen) atoms. The van der Waals surface area contributed by atoms with Crippen LogP contribution in [-0.2, 0) is 0 Å². The molecular formula is C50H105P. The van der Waals surface area contributed by atoms with Gasteiger partial charge in [-0.1, -0.05) is 0 Å². The second-order valence-corrected chi connectivity index (χ2v) is 24.9. The first kappa shape index (κ1) is 51.4. The maximum absolute atomic E-state index is 2.36. The van der Waals surface area contributed by atoms with E-state index in [9.17, 15) is 0 Å². The predicted molar refractivity (Wildman–Crippen MR) is 244 cm³/mol. The summed E-state index contributed by atoms with van der Waals surface area (Å²) in [6.07, 6.45) is 68.1. The van der Waals surface area contributed by atoms with Crippen LogP contribution in [0, 0.1) is 0 Å². The van der Waals surface area contributed by atoms with Crippen LogP contribution in [0.1, 0.15) is 291 Å². The molecule has 0 nitrogen and oxygen atoms in total. The van der Waals surface area contributed by atoms with Gasteiger partial charge >= 0.3 is 329 Å². The molecule has 0 radical (unpaired) electrons. The van der Waals surface area contributed by atoms with Crippen LogP contribution in [0.2, 0.25) is 0 Å². The predicted octanol–water partition coefficient (Wildman–Crippen LogP) is 19.2. The molecule has 0 aliphatic carbocycles. The summed E-state index contributed by atoms with van der Waals surface area (Å²) in [6.45, 7) is 10.0. The molecule has 0 atom stereocenters. The summed E-state index contributed by atoms with van der Waals surface area (Å²) >= 11 is 0. The van der Waals surface area contributed by atoms with Crippen LogP contribution in [0.4, 0.5) is 0 Å². The van der Waals surface area contributed by atoms with Crippen LogP contribution in [0.15, 0.2) is 0 Å². The molecule has 0 unspecified atom stereocenters. The van der Waals surface area contributed by atoms with E-state index in [1.807, 2.05) is 0 Å².